The van der Waals surface area contributed by atoms with E-state index in [0.717, 1.165) is 5.56 Å². The minimum absolute atomic E-state index is 0.138. The Balaban J connectivity index is 2.09. The third kappa shape index (κ3) is 5.64. The maximum atomic E-state index is 12.7. The second kappa shape index (κ2) is 9.47. The fraction of sp³-hybridized carbons (Fsp3) is 0.300. The lowest BCUT2D eigenvalue weighted by Gasteiger charge is -2.28. The smallest absolute Gasteiger partial charge is 0.328 e. The molecule has 0 aromatic heterocycles. The summed E-state index contributed by atoms with van der Waals surface area (Å²) in [5.74, 6) is -0.0842. The summed E-state index contributed by atoms with van der Waals surface area (Å²) in [7, 11) is 0. The van der Waals surface area contributed by atoms with Gasteiger partial charge < -0.3 is 14.4 Å². The fourth-order valence-corrected chi connectivity index (χ4v) is 2.36. The number of hydrogen-bond donors (Lipinski definition) is 0. The van der Waals surface area contributed by atoms with Gasteiger partial charge in [0.2, 0.25) is 0 Å². The van der Waals surface area contributed by atoms with Crippen molar-refractivity contribution in [2.24, 2.45) is 0 Å². The SMILES string of the molecule is CCOC(=O)C(C)N(Cc1ccccc1)C(=O)COc1ccccc1. The Morgan fingerprint density at radius 3 is 2.20 bits per heavy atom. The zero-order valence-electron chi connectivity index (χ0n) is 14.6. The molecule has 2 aromatic carbocycles. The summed E-state index contributed by atoms with van der Waals surface area (Å²) in [6.45, 7) is 3.86. The van der Waals surface area contributed by atoms with Crippen LogP contribution in [0.5, 0.6) is 5.75 Å². The molecule has 5 nitrogen and oxygen atoms in total. The number of para-hydroxylation sites is 1. The van der Waals surface area contributed by atoms with E-state index in [2.05, 4.69) is 0 Å². The standard InChI is InChI=1S/C20H23NO4/c1-3-24-20(23)16(2)21(14-17-10-6-4-7-11-17)19(22)15-25-18-12-8-5-9-13-18/h4-13,16H,3,14-15H2,1-2H3. The van der Waals surface area contributed by atoms with E-state index in [9.17, 15) is 9.59 Å². The van der Waals surface area contributed by atoms with E-state index in [1.807, 2.05) is 48.5 Å². The molecule has 0 spiro atoms. The van der Waals surface area contributed by atoms with Gasteiger partial charge in [-0.05, 0) is 31.5 Å². The molecular weight excluding hydrogens is 318 g/mol. The van der Waals surface area contributed by atoms with Crippen molar-refractivity contribution >= 4 is 11.9 Å². The molecule has 1 atom stereocenters. The largest absolute Gasteiger partial charge is 0.484 e. The van der Waals surface area contributed by atoms with Crippen molar-refractivity contribution in [2.45, 2.75) is 26.4 Å². The van der Waals surface area contributed by atoms with Crippen molar-refractivity contribution in [1.29, 1.82) is 0 Å². The molecule has 0 N–H and O–H groups in total. The second-order valence-electron chi connectivity index (χ2n) is 5.54. The monoisotopic (exact) mass is 341 g/mol. The zero-order valence-corrected chi connectivity index (χ0v) is 14.6. The third-order valence-corrected chi connectivity index (χ3v) is 3.72. The normalized spacial score (nSPS) is 11.4. The Labute approximate surface area is 148 Å². The maximum absolute atomic E-state index is 12.7. The van der Waals surface area contributed by atoms with Gasteiger partial charge in [-0.2, -0.15) is 0 Å². The second-order valence-corrected chi connectivity index (χ2v) is 5.54. The average molecular weight is 341 g/mol. The summed E-state index contributed by atoms with van der Waals surface area (Å²) in [4.78, 5) is 26.2. The number of amides is 1. The number of rotatable bonds is 8. The van der Waals surface area contributed by atoms with Gasteiger partial charge in [0.25, 0.3) is 5.91 Å². The number of carbonyl (C=O) groups is 2. The van der Waals surface area contributed by atoms with Crippen LogP contribution in [0.1, 0.15) is 19.4 Å². The Kier molecular flexibility index (Phi) is 7.01. The fourth-order valence-electron chi connectivity index (χ4n) is 2.36. The first kappa shape index (κ1) is 18.5. The number of benzene rings is 2. The average Bonchev–Trinajstić information content (AvgIpc) is 2.65. The van der Waals surface area contributed by atoms with Gasteiger partial charge >= 0.3 is 5.97 Å². The summed E-state index contributed by atoms with van der Waals surface area (Å²) >= 11 is 0. The van der Waals surface area contributed by atoms with Crippen molar-refractivity contribution in [1.82, 2.24) is 4.90 Å². The van der Waals surface area contributed by atoms with E-state index >= 15 is 0 Å². The molecular formula is C20H23NO4. The molecule has 1 amide bonds. The predicted octanol–water partition coefficient (Wildman–Crippen LogP) is 3.05. The summed E-state index contributed by atoms with van der Waals surface area (Å²) in [6, 6.07) is 17.9. The first-order valence-corrected chi connectivity index (χ1v) is 8.29. The Morgan fingerprint density at radius 1 is 1.00 bits per heavy atom. The van der Waals surface area contributed by atoms with Gasteiger partial charge in [0.05, 0.1) is 6.61 Å². The Bertz CT molecular complexity index is 673. The van der Waals surface area contributed by atoms with Gasteiger partial charge in [0.1, 0.15) is 11.8 Å². The van der Waals surface area contributed by atoms with Crippen molar-refractivity contribution in [3.05, 3.63) is 66.2 Å². The quantitative estimate of drug-likeness (QED) is 0.693. The molecule has 0 saturated carbocycles. The molecule has 25 heavy (non-hydrogen) atoms. The lowest BCUT2D eigenvalue weighted by atomic mass is 10.2. The summed E-state index contributed by atoms with van der Waals surface area (Å²) in [5.41, 5.74) is 0.937. The van der Waals surface area contributed by atoms with E-state index in [4.69, 9.17) is 9.47 Å². The molecule has 132 valence electrons. The molecule has 2 rings (SSSR count). The van der Waals surface area contributed by atoms with Crippen LogP contribution >= 0.6 is 0 Å². The first-order chi connectivity index (χ1) is 12.1. The minimum Gasteiger partial charge on any atom is -0.484 e. The highest BCUT2D eigenvalue weighted by atomic mass is 16.5. The van der Waals surface area contributed by atoms with Gasteiger partial charge in [-0.25, -0.2) is 4.79 Å². The molecule has 0 aliphatic heterocycles. The van der Waals surface area contributed by atoms with Crippen LogP contribution in [0.25, 0.3) is 0 Å². The van der Waals surface area contributed by atoms with E-state index in [0.29, 0.717) is 12.3 Å². The van der Waals surface area contributed by atoms with Crippen LogP contribution in [-0.4, -0.2) is 36.0 Å². The molecule has 0 radical (unpaired) electrons. The van der Waals surface area contributed by atoms with E-state index < -0.39 is 12.0 Å². The molecule has 2 aromatic rings. The van der Waals surface area contributed by atoms with Crippen LogP contribution in [0.2, 0.25) is 0 Å². The van der Waals surface area contributed by atoms with Crippen LogP contribution in [-0.2, 0) is 20.9 Å². The van der Waals surface area contributed by atoms with Crippen LogP contribution in [0.15, 0.2) is 60.7 Å². The molecule has 1 unspecified atom stereocenters. The summed E-state index contributed by atoms with van der Waals surface area (Å²) < 4.78 is 10.6. The third-order valence-electron chi connectivity index (χ3n) is 3.72. The highest BCUT2D eigenvalue weighted by Crippen LogP contribution is 2.13. The van der Waals surface area contributed by atoms with E-state index in [1.54, 1.807) is 26.0 Å². The van der Waals surface area contributed by atoms with Gasteiger partial charge in [0.15, 0.2) is 6.61 Å². The van der Waals surface area contributed by atoms with Crippen LogP contribution in [0.3, 0.4) is 0 Å². The number of carbonyl (C=O) groups excluding carboxylic acids is 2. The number of esters is 1. The van der Waals surface area contributed by atoms with Crippen LogP contribution < -0.4 is 4.74 Å². The van der Waals surface area contributed by atoms with Crippen LogP contribution in [0, 0.1) is 0 Å². The van der Waals surface area contributed by atoms with Crippen molar-refractivity contribution in [3.8, 4) is 5.75 Å². The Hall–Kier alpha value is -2.82. The predicted molar refractivity (Wildman–Crippen MR) is 95.0 cm³/mol. The summed E-state index contributed by atoms with van der Waals surface area (Å²) in [5, 5.41) is 0. The number of nitrogens with zero attached hydrogens (tertiary/aromatic N) is 1. The highest BCUT2D eigenvalue weighted by Gasteiger charge is 2.27. The van der Waals surface area contributed by atoms with Gasteiger partial charge in [-0.15, -0.1) is 0 Å². The number of ether oxygens (including phenoxy) is 2. The molecule has 0 bridgehead atoms. The zero-order chi connectivity index (χ0) is 18.1. The van der Waals surface area contributed by atoms with E-state index in [-0.39, 0.29) is 19.1 Å². The molecule has 0 heterocycles. The van der Waals surface area contributed by atoms with Crippen LogP contribution in [0.4, 0.5) is 0 Å². The molecule has 0 saturated heterocycles. The van der Waals surface area contributed by atoms with E-state index in [1.165, 1.54) is 4.90 Å². The van der Waals surface area contributed by atoms with Gasteiger partial charge in [-0.1, -0.05) is 48.5 Å². The van der Waals surface area contributed by atoms with Crippen molar-refractivity contribution in [3.63, 3.8) is 0 Å². The minimum atomic E-state index is -0.688. The lowest BCUT2D eigenvalue weighted by molar-refractivity contribution is -0.155. The molecule has 5 heteroatoms. The first-order valence-electron chi connectivity index (χ1n) is 8.29. The molecule has 0 aliphatic carbocycles. The topological polar surface area (TPSA) is 55.8 Å². The Morgan fingerprint density at radius 2 is 1.60 bits per heavy atom. The van der Waals surface area contributed by atoms with Crippen molar-refractivity contribution in [2.75, 3.05) is 13.2 Å². The highest BCUT2D eigenvalue weighted by molar-refractivity contribution is 5.85. The molecule has 0 aliphatic rings. The van der Waals surface area contributed by atoms with Crippen molar-refractivity contribution < 1.29 is 19.1 Å². The summed E-state index contributed by atoms with van der Waals surface area (Å²) in [6.07, 6.45) is 0. The van der Waals surface area contributed by atoms with Gasteiger partial charge in [-0.3, -0.25) is 4.79 Å². The number of hydrogen-bond acceptors (Lipinski definition) is 4. The molecule has 0 fully saturated rings. The van der Waals surface area contributed by atoms with Gasteiger partial charge in [0, 0.05) is 6.54 Å². The maximum Gasteiger partial charge on any atom is 0.328 e. The lowest BCUT2D eigenvalue weighted by Crippen LogP contribution is -2.45.